The van der Waals surface area contributed by atoms with Crippen LogP contribution >= 0.6 is 0 Å². The molecule has 0 spiro atoms. The SMILES string of the molecule is CCc1ncnc2c1ccn2[C@@H]1C[C@H](CCc2ccc3ccc(NC4CCC4)nc3c2)[C@H]2OC(C)(C)O[C@H]21. The summed E-state index contributed by atoms with van der Waals surface area (Å²) in [4.78, 5) is 14.1. The highest BCUT2D eigenvalue weighted by molar-refractivity contribution is 5.81. The number of benzene rings is 1. The molecule has 38 heavy (non-hydrogen) atoms. The van der Waals surface area contributed by atoms with Crippen molar-refractivity contribution in [3.63, 3.8) is 0 Å². The molecule has 3 aromatic heterocycles. The van der Waals surface area contributed by atoms with Gasteiger partial charge in [0.2, 0.25) is 0 Å². The van der Waals surface area contributed by atoms with E-state index in [9.17, 15) is 0 Å². The summed E-state index contributed by atoms with van der Waals surface area (Å²) in [7, 11) is 0. The van der Waals surface area contributed by atoms with Gasteiger partial charge in [-0.2, -0.15) is 0 Å². The van der Waals surface area contributed by atoms with Gasteiger partial charge in [-0.15, -0.1) is 0 Å². The van der Waals surface area contributed by atoms with E-state index in [0.29, 0.717) is 12.0 Å². The van der Waals surface area contributed by atoms with E-state index >= 15 is 0 Å². The van der Waals surface area contributed by atoms with Gasteiger partial charge in [0.25, 0.3) is 0 Å². The van der Waals surface area contributed by atoms with E-state index < -0.39 is 5.79 Å². The number of nitrogens with one attached hydrogen (secondary N) is 1. The van der Waals surface area contributed by atoms with E-state index in [-0.39, 0.29) is 18.2 Å². The second kappa shape index (κ2) is 9.31. The van der Waals surface area contributed by atoms with Crippen LogP contribution in [0.2, 0.25) is 0 Å². The molecular weight excluding hydrogens is 474 g/mol. The third-order valence-electron chi connectivity index (χ3n) is 8.85. The Balaban J connectivity index is 1.12. The van der Waals surface area contributed by atoms with Gasteiger partial charge in [-0.3, -0.25) is 0 Å². The van der Waals surface area contributed by atoms with Gasteiger partial charge < -0.3 is 19.4 Å². The molecule has 3 fully saturated rings. The Hall–Kier alpha value is -3.03. The summed E-state index contributed by atoms with van der Waals surface area (Å²) in [5, 5.41) is 5.92. The minimum atomic E-state index is -0.574. The van der Waals surface area contributed by atoms with Crippen molar-refractivity contribution in [3.05, 3.63) is 60.2 Å². The third kappa shape index (κ3) is 4.26. The Labute approximate surface area is 224 Å². The lowest BCUT2D eigenvalue weighted by Gasteiger charge is -2.27. The molecule has 1 N–H and O–H groups in total. The first-order chi connectivity index (χ1) is 18.5. The van der Waals surface area contributed by atoms with Crippen LogP contribution in [0.5, 0.6) is 0 Å². The smallest absolute Gasteiger partial charge is 0.163 e. The first-order valence-corrected chi connectivity index (χ1v) is 14.3. The fourth-order valence-corrected chi connectivity index (χ4v) is 6.70. The molecule has 7 rings (SSSR count). The number of aromatic nitrogens is 4. The summed E-state index contributed by atoms with van der Waals surface area (Å²) < 4.78 is 15.3. The number of ether oxygens (including phenoxy) is 2. The topological polar surface area (TPSA) is 74.1 Å². The molecule has 1 saturated heterocycles. The average molecular weight is 512 g/mol. The maximum absolute atomic E-state index is 6.51. The quantitative estimate of drug-likeness (QED) is 0.318. The average Bonchev–Trinajstić information content (AvgIpc) is 3.55. The maximum Gasteiger partial charge on any atom is 0.163 e. The van der Waals surface area contributed by atoms with Gasteiger partial charge in [0.15, 0.2) is 5.79 Å². The van der Waals surface area contributed by atoms with Crippen molar-refractivity contribution in [3.8, 4) is 0 Å². The molecule has 4 heterocycles. The van der Waals surface area contributed by atoms with Crippen molar-refractivity contribution in [1.29, 1.82) is 0 Å². The second-order valence-electron chi connectivity index (χ2n) is 11.8. The molecule has 3 aliphatic rings. The Bertz CT molecular complexity index is 1480. The molecule has 0 radical (unpaired) electrons. The van der Waals surface area contributed by atoms with Crippen molar-refractivity contribution in [2.75, 3.05) is 5.32 Å². The van der Waals surface area contributed by atoms with Crippen LogP contribution in [0, 0.1) is 5.92 Å². The highest BCUT2D eigenvalue weighted by Crippen LogP contribution is 2.49. The number of aryl methyl sites for hydroxylation is 2. The summed E-state index contributed by atoms with van der Waals surface area (Å²) in [5.41, 5.74) is 4.50. The summed E-state index contributed by atoms with van der Waals surface area (Å²) in [6, 6.07) is 14.0. The number of anilines is 1. The van der Waals surface area contributed by atoms with Crippen LogP contribution in [0.25, 0.3) is 21.9 Å². The minimum Gasteiger partial charge on any atom is -0.367 e. The predicted octanol–water partition coefficient (Wildman–Crippen LogP) is 6.22. The van der Waals surface area contributed by atoms with Crippen molar-refractivity contribution >= 4 is 27.8 Å². The van der Waals surface area contributed by atoms with Crippen LogP contribution in [0.4, 0.5) is 5.82 Å². The molecule has 0 amide bonds. The fourth-order valence-electron chi connectivity index (χ4n) is 6.70. The zero-order chi connectivity index (χ0) is 25.9. The van der Waals surface area contributed by atoms with Gasteiger partial charge in [-0.05, 0) is 94.5 Å². The number of fused-ring (bicyclic) bond motifs is 3. The monoisotopic (exact) mass is 511 g/mol. The zero-order valence-electron chi connectivity index (χ0n) is 22.6. The van der Waals surface area contributed by atoms with E-state index in [2.05, 4.69) is 69.4 Å². The van der Waals surface area contributed by atoms with Gasteiger partial charge in [0.05, 0.1) is 23.4 Å². The normalized spacial score (nSPS) is 26.6. The number of rotatable bonds is 7. The lowest BCUT2D eigenvalue weighted by Crippen LogP contribution is -2.27. The largest absolute Gasteiger partial charge is 0.367 e. The molecule has 7 heteroatoms. The Morgan fingerprint density at radius 1 is 1.05 bits per heavy atom. The maximum atomic E-state index is 6.51. The Morgan fingerprint density at radius 3 is 2.71 bits per heavy atom. The number of nitrogens with zero attached hydrogens (tertiary/aromatic N) is 4. The molecule has 0 bridgehead atoms. The molecular formula is C31H37N5O2. The van der Waals surface area contributed by atoms with Crippen LogP contribution in [0.15, 0.2) is 48.9 Å². The first kappa shape index (κ1) is 24.0. The molecule has 4 atom stereocenters. The van der Waals surface area contributed by atoms with Gasteiger partial charge in [0, 0.05) is 23.0 Å². The van der Waals surface area contributed by atoms with Gasteiger partial charge in [-0.25, -0.2) is 15.0 Å². The van der Waals surface area contributed by atoms with Crippen molar-refractivity contribution in [1.82, 2.24) is 19.5 Å². The lowest BCUT2D eigenvalue weighted by molar-refractivity contribution is -0.160. The molecule has 2 aliphatic carbocycles. The van der Waals surface area contributed by atoms with Crippen LogP contribution in [-0.2, 0) is 22.3 Å². The summed E-state index contributed by atoms with van der Waals surface area (Å²) >= 11 is 0. The number of pyridine rings is 1. The van der Waals surface area contributed by atoms with Gasteiger partial charge in [-0.1, -0.05) is 19.1 Å². The molecule has 7 nitrogen and oxygen atoms in total. The lowest BCUT2D eigenvalue weighted by atomic mass is 9.93. The van der Waals surface area contributed by atoms with E-state index in [1.165, 1.54) is 30.2 Å². The number of hydrogen-bond donors (Lipinski definition) is 1. The van der Waals surface area contributed by atoms with E-state index in [1.54, 1.807) is 6.33 Å². The third-order valence-corrected chi connectivity index (χ3v) is 8.85. The predicted molar refractivity (Wildman–Crippen MR) is 149 cm³/mol. The second-order valence-corrected chi connectivity index (χ2v) is 11.8. The molecule has 0 unspecified atom stereocenters. The molecule has 198 valence electrons. The Morgan fingerprint density at radius 2 is 1.89 bits per heavy atom. The zero-order valence-corrected chi connectivity index (χ0v) is 22.6. The van der Waals surface area contributed by atoms with Crippen LogP contribution < -0.4 is 5.32 Å². The molecule has 1 aliphatic heterocycles. The van der Waals surface area contributed by atoms with Crippen LogP contribution in [0.3, 0.4) is 0 Å². The van der Waals surface area contributed by atoms with Gasteiger partial charge >= 0.3 is 0 Å². The van der Waals surface area contributed by atoms with Crippen LogP contribution in [0.1, 0.15) is 70.2 Å². The van der Waals surface area contributed by atoms with Crippen molar-refractivity contribution in [2.45, 2.75) is 95.8 Å². The summed E-state index contributed by atoms with van der Waals surface area (Å²) in [5.74, 6) is 0.829. The van der Waals surface area contributed by atoms with Gasteiger partial charge in [0.1, 0.15) is 23.9 Å². The van der Waals surface area contributed by atoms with Crippen molar-refractivity contribution in [2.24, 2.45) is 5.92 Å². The summed E-state index contributed by atoms with van der Waals surface area (Å²) in [6.07, 6.45) is 11.7. The molecule has 2 saturated carbocycles. The number of hydrogen-bond acceptors (Lipinski definition) is 6. The first-order valence-electron chi connectivity index (χ1n) is 14.3. The standard InChI is InChI=1S/C31H37N5O2/c1-4-24-23-14-15-36(30(23)33-18-32-24)26-17-21(28-29(26)38-31(2,3)37-28)11-9-19-8-10-20-12-13-27(35-25(20)16-19)34-22-6-5-7-22/h8,10,12-16,18,21-22,26,28-29H,4-7,9,11,17H2,1-3H3,(H,34,35)/t21-,26+,28+,29-/m0/s1. The summed E-state index contributed by atoms with van der Waals surface area (Å²) in [6.45, 7) is 6.22. The Kier molecular flexibility index (Phi) is 5.89. The minimum absolute atomic E-state index is 0.0176. The highest BCUT2D eigenvalue weighted by atomic mass is 16.8. The van der Waals surface area contributed by atoms with E-state index in [0.717, 1.165) is 53.7 Å². The van der Waals surface area contributed by atoms with E-state index in [4.69, 9.17) is 14.5 Å². The highest BCUT2D eigenvalue weighted by Gasteiger charge is 2.54. The van der Waals surface area contributed by atoms with E-state index in [1.807, 2.05) is 13.8 Å². The fraction of sp³-hybridized carbons (Fsp3) is 0.516. The molecule has 4 aromatic rings. The van der Waals surface area contributed by atoms with Crippen molar-refractivity contribution < 1.29 is 9.47 Å². The van der Waals surface area contributed by atoms with Crippen LogP contribution in [-0.4, -0.2) is 43.6 Å². The molecule has 1 aromatic carbocycles.